The number of rotatable bonds is 6. The van der Waals surface area contributed by atoms with Gasteiger partial charge in [-0.2, -0.15) is 4.80 Å². The van der Waals surface area contributed by atoms with Crippen LogP contribution in [0.25, 0.3) is 11.4 Å². The van der Waals surface area contributed by atoms with Crippen molar-refractivity contribution >= 4 is 27.5 Å². The first-order valence-corrected chi connectivity index (χ1v) is 9.19. The highest BCUT2D eigenvalue weighted by atomic mass is 35.5. The molecule has 0 fully saturated rings. The Morgan fingerprint density at radius 3 is 2.46 bits per heavy atom. The number of nitrogens with zero attached hydrogens (tertiary/aromatic N) is 4. The second-order valence-corrected chi connectivity index (χ2v) is 7.24. The zero-order chi connectivity index (χ0) is 18.6. The van der Waals surface area contributed by atoms with Crippen LogP contribution in [0.1, 0.15) is 0 Å². The number of hydrazine groups is 1. The van der Waals surface area contributed by atoms with Gasteiger partial charge in [-0.05, 0) is 29.5 Å². The van der Waals surface area contributed by atoms with E-state index in [-0.39, 0.29) is 11.4 Å². The predicted molar refractivity (Wildman–Crippen MR) is 93.2 cm³/mol. The quantitative estimate of drug-likeness (QED) is 0.604. The first-order valence-electron chi connectivity index (χ1n) is 7.33. The average Bonchev–Trinajstić information content (AvgIpc) is 3.10. The van der Waals surface area contributed by atoms with E-state index in [1.54, 1.807) is 0 Å². The van der Waals surface area contributed by atoms with Gasteiger partial charge < -0.3 is 0 Å². The van der Waals surface area contributed by atoms with Gasteiger partial charge in [0.25, 0.3) is 15.9 Å². The number of hydrogen-bond acceptors (Lipinski definition) is 6. The maximum absolute atomic E-state index is 12.1. The van der Waals surface area contributed by atoms with Gasteiger partial charge >= 0.3 is 0 Å². The summed E-state index contributed by atoms with van der Waals surface area (Å²) in [6.07, 6.45) is 0. The highest BCUT2D eigenvalue weighted by Crippen LogP contribution is 2.13. The fraction of sp³-hybridized carbons (Fsp3) is 0.0667. The van der Waals surface area contributed by atoms with Crippen LogP contribution in [-0.2, 0) is 21.4 Å². The second kappa shape index (κ2) is 7.60. The molecule has 2 N–H and O–H groups in total. The molecule has 1 heterocycles. The number of benzene rings is 2. The van der Waals surface area contributed by atoms with Gasteiger partial charge in [-0.1, -0.05) is 41.9 Å². The molecule has 1 amide bonds. The van der Waals surface area contributed by atoms with Crippen molar-refractivity contribution in [1.82, 2.24) is 30.5 Å². The van der Waals surface area contributed by atoms with Crippen LogP contribution in [0, 0.1) is 0 Å². The number of carbonyl (C=O) groups is 1. The van der Waals surface area contributed by atoms with Crippen LogP contribution in [0.2, 0.25) is 5.02 Å². The molecular formula is C15H13ClN6O3S. The van der Waals surface area contributed by atoms with Gasteiger partial charge in [-0.3, -0.25) is 10.2 Å². The van der Waals surface area contributed by atoms with Gasteiger partial charge in [0.15, 0.2) is 0 Å². The summed E-state index contributed by atoms with van der Waals surface area (Å²) in [5, 5.41) is 12.1. The molecule has 0 spiro atoms. The number of aromatic nitrogens is 4. The highest BCUT2D eigenvalue weighted by Gasteiger charge is 2.16. The van der Waals surface area contributed by atoms with E-state index < -0.39 is 15.9 Å². The number of nitrogens with one attached hydrogen (secondary N) is 2. The van der Waals surface area contributed by atoms with E-state index in [4.69, 9.17) is 11.6 Å². The van der Waals surface area contributed by atoms with Gasteiger partial charge in [-0.15, -0.1) is 15.0 Å². The Balaban J connectivity index is 1.59. The minimum atomic E-state index is -3.91. The van der Waals surface area contributed by atoms with Crippen molar-refractivity contribution in [3.8, 4) is 11.4 Å². The monoisotopic (exact) mass is 392 g/mol. The van der Waals surface area contributed by atoms with Crippen molar-refractivity contribution in [2.75, 3.05) is 0 Å². The molecule has 2 aromatic carbocycles. The topological polar surface area (TPSA) is 119 Å². The van der Waals surface area contributed by atoms with Gasteiger partial charge in [0.2, 0.25) is 5.82 Å². The van der Waals surface area contributed by atoms with Crippen LogP contribution in [0.4, 0.5) is 0 Å². The number of carbonyl (C=O) groups excluding carboxylic acids is 1. The lowest BCUT2D eigenvalue weighted by Gasteiger charge is -2.08. The summed E-state index contributed by atoms with van der Waals surface area (Å²) in [6.45, 7) is -0.303. The van der Waals surface area contributed by atoms with E-state index >= 15 is 0 Å². The third kappa shape index (κ3) is 4.42. The second-order valence-electron chi connectivity index (χ2n) is 5.12. The number of halogens is 1. The zero-order valence-electron chi connectivity index (χ0n) is 13.2. The Hall–Kier alpha value is -2.82. The van der Waals surface area contributed by atoms with Crippen LogP contribution in [0.3, 0.4) is 0 Å². The normalized spacial score (nSPS) is 11.3. The lowest BCUT2D eigenvalue weighted by Crippen LogP contribution is -2.43. The molecule has 0 saturated carbocycles. The molecular weight excluding hydrogens is 380 g/mol. The van der Waals surface area contributed by atoms with Crippen LogP contribution >= 0.6 is 11.6 Å². The number of sulfonamides is 1. The summed E-state index contributed by atoms with van der Waals surface area (Å²) < 4.78 is 24.1. The number of tetrazole rings is 1. The minimum absolute atomic E-state index is 0.0348. The van der Waals surface area contributed by atoms with E-state index in [1.807, 2.05) is 35.2 Å². The molecule has 0 atom stereocenters. The van der Waals surface area contributed by atoms with Gasteiger partial charge in [0.1, 0.15) is 6.54 Å². The first-order chi connectivity index (χ1) is 12.4. The van der Waals surface area contributed by atoms with Crippen LogP contribution in [0.5, 0.6) is 0 Å². The Labute approximate surface area is 154 Å². The standard InChI is InChI=1S/C15H13ClN6O3S/c16-12-6-8-13(9-7-12)26(24,25)21-17-14(23)10-22-19-15(18-20-22)11-4-2-1-3-5-11/h1-9,21H,10H2,(H,17,23). The molecule has 3 rings (SSSR count). The molecule has 0 aliphatic carbocycles. The molecule has 3 aromatic rings. The van der Waals surface area contributed by atoms with Crippen molar-refractivity contribution < 1.29 is 13.2 Å². The van der Waals surface area contributed by atoms with E-state index in [0.29, 0.717) is 10.8 Å². The van der Waals surface area contributed by atoms with Crippen molar-refractivity contribution in [2.45, 2.75) is 11.4 Å². The summed E-state index contributed by atoms with van der Waals surface area (Å²) in [5.41, 5.74) is 2.85. The smallest absolute Gasteiger partial charge is 0.258 e. The molecule has 0 unspecified atom stereocenters. The molecule has 0 saturated heterocycles. The lowest BCUT2D eigenvalue weighted by molar-refractivity contribution is -0.122. The minimum Gasteiger partial charge on any atom is -0.276 e. The van der Waals surface area contributed by atoms with Crippen molar-refractivity contribution in [1.29, 1.82) is 0 Å². The molecule has 0 aliphatic rings. The molecule has 9 nitrogen and oxygen atoms in total. The first kappa shape index (κ1) is 18.0. The van der Waals surface area contributed by atoms with E-state index in [9.17, 15) is 13.2 Å². The van der Waals surface area contributed by atoms with Crippen molar-refractivity contribution in [3.63, 3.8) is 0 Å². The summed E-state index contributed by atoms with van der Waals surface area (Å²) in [5.74, 6) is -0.292. The maximum atomic E-state index is 12.1. The molecule has 1 aromatic heterocycles. The van der Waals surface area contributed by atoms with Crippen LogP contribution in [-0.4, -0.2) is 34.5 Å². The Morgan fingerprint density at radius 2 is 1.77 bits per heavy atom. The lowest BCUT2D eigenvalue weighted by atomic mass is 10.2. The van der Waals surface area contributed by atoms with Gasteiger partial charge in [0.05, 0.1) is 4.90 Å². The average molecular weight is 393 g/mol. The molecule has 0 radical (unpaired) electrons. The van der Waals surface area contributed by atoms with E-state index in [1.165, 1.54) is 24.3 Å². The summed E-state index contributed by atoms with van der Waals surface area (Å²) in [7, 11) is -3.91. The zero-order valence-corrected chi connectivity index (χ0v) is 14.8. The molecule has 0 bridgehead atoms. The molecule has 26 heavy (non-hydrogen) atoms. The maximum Gasteiger partial charge on any atom is 0.258 e. The summed E-state index contributed by atoms with van der Waals surface area (Å²) in [4.78, 5) is 14.9. The van der Waals surface area contributed by atoms with Crippen LogP contribution in [0.15, 0.2) is 59.5 Å². The summed E-state index contributed by atoms with van der Waals surface area (Å²) in [6, 6.07) is 14.6. The van der Waals surface area contributed by atoms with Gasteiger partial charge in [-0.25, -0.2) is 8.42 Å². The fourth-order valence-electron chi connectivity index (χ4n) is 1.98. The molecule has 134 valence electrons. The molecule has 0 aliphatic heterocycles. The van der Waals surface area contributed by atoms with Crippen LogP contribution < -0.4 is 10.3 Å². The number of hydrogen-bond donors (Lipinski definition) is 2. The van der Waals surface area contributed by atoms with Crippen molar-refractivity contribution in [3.05, 3.63) is 59.6 Å². The van der Waals surface area contributed by atoms with Gasteiger partial charge in [0, 0.05) is 10.6 Å². The third-order valence-corrected chi connectivity index (χ3v) is 4.73. The summed E-state index contributed by atoms with van der Waals surface area (Å²) >= 11 is 5.72. The predicted octanol–water partition coefficient (Wildman–Crippen LogP) is 1.00. The molecule has 11 heteroatoms. The van der Waals surface area contributed by atoms with E-state index in [2.05, 4.69) is 20.8 Å². The number of amides is 1. The largest absolute Gasteiger partial charge is 0.276 e. The van der Waals surface area contributed by atoms with Crippen molar-refractivity contribution in [2.24, 2.45) is 0 Å². The Bertz CT molecular complexity index is 1010. The third-order valence-electron chi connectivity index (χ3n) is 3.22. The Kier molecular flexibility index (Phi) is 5.26. The Morgan fingerprint density at radius 1 is 1.08 bits per heavy atom. The van der Waals surface area contributed by atoms with E-state index in [0.717, 1.165) is 10.4 Å². The SMILES string of the molecule is O=C(Cn1nnc(-c2ccccc2)n1)NNS(=O)(=O)c1ccc(Cl)cc1. The highest BCUT2D eigenvalue weighted by molar-refractivity contribution is 7.89. The fourth-order valence-corrected chi connectivity index (χ4v) is 2.96.